The van der Waals surface area contributed by atoms with Crippen LogP contribution in [0.3, 0.4) is 0 Å². The van der Waals surface area contributed by atoms with Crippen LogP contribution in [-0.4, -0.2) is 25.6 Å². The van der Waals surface area contributed by atoms with E-state index in [1.54, 1.807) is 11.8 Å². The maximum absolute atomic E-state index is 10.2. The second kappa shape index (κ2) is 6.73. The molecule has 2 aromatic rings. The summed E-state index contributed by atoms with van der Waals surface area (Å²) in [7, 11) is 0. The van der Waals surface area contributed by atoms with E-state index in [0.29, 0.717) is 6.42 Å². The molecule has 1 atom stereocenters. The van der Waals surface area contributed by atoms with Crippen LogP contribution in [0.4, 0.5) is 0 Å². The molecule has 1 unspecified atom stereocenters. The van der Waals surface area contributed by atoms with Crippen molar-refractivity contribution >= 4 is 11.8 Å². The van der Waals surface area contributed by atoms with Gasteiger partial charge in [-0.15, -0.1) is 11.8 Å². The third-order valence-electron chi connectivity index (χ3n) is 2.95. The number of aryl methyl sites for hydroxylation is 1. The number of aliphatic hydroxyl groups is 1. The maximum Gasteiger partial charge on any atom is 0.138 e. The highest BCUT2D eigenvalue weighted by Gasteiger charge is 2.12. The van der Waals surface area contributed by atoms with E-state index >= 15 is 0 Å². The van der Waals surface area contributed by atoms with E-state index in [1.165, 1.54) is 11.2 Å². The lowest BCUT2D eigenvalue weighted by Gasteiger charge is -2.11. The van der Waals surface area contributed by atoms with Gasteiger partial charge in [-0.3, -0.25) is 4.68 Å². The van der Waals surface area contributed by atoms with Crippen LogP contribution in [0.1, 0.15) is 31.3 Å². The molecule has 0 fully saturated rings. The highest BCUT2D eigenvalue weighted by atomic mass is 32.2. The number of thioether (sulfide) groups is 1. The van der Waals surface area contributed by atoms with Gasteiger partial charge in [0.15, 0.2) is 0 Å². The normalized spacial score (nSPS) is 12.6. The molecule has 2 rings (SSSR count). The molecule has 0 aliphatic carbocycles. The first-order valence-electron chi connectivity index (χ1n) is 6.52. The molecule has 0 spiro atoms. The molecule has 0 saturated carbocycles. The van der Waals surface area contributed by atoms with Gasteiger partial charge in [-0.1, -0.05) is 19.1 Å². The Morgan fingerprint density at radius 1 is 1.26 bits per heavy atom. The zero-order valence-electron chi connectivity index (χ0n) is 11.3. The van der Waals surface area contributed by atoms with E-state index < -0.39 is 6.10 Å². The van der Waals surface area contributed by atoms with Gasteiger partial charge in [0.1, 0.15) is 12.2 Å². The van der Waals surface area contributed by atoms with Gasteiger partial charge in [0.25, 0.3) is 0 Å². The molecule has 19 heavy (non-hydrogen) atoms. The fourth-order valence-corrected chi connectivity index (χ4v) is 2.62. The Morgan fingerprint density at radius 3 is 2.63 bits per heavy atom. The number of rotatable bonds is 6. The van der Waals surface area contributed by atoms with Crippen molar-refractivity contribution in [2.45, 2.75) is 37.8 Å². The van der Waals surface area contributed by atoms with Gasteiger partial charge in [-0.25, -0.2) is 4.98 Å². The smallest absolute Gasteiger partial charge is 0.138 e. The molecule has 0 aliphatic rings. The lowest BCUT2D eigenvalue weighted by molar-refractivity contribution is 0.174. The average molecular weight is 277 g/mol. The van der Waals surface area contributed by atoms with Crippen LogP contribution in [0.5, 0.6) is 0 Å². The Kier molecular flexibility index (Phi) is 4.99. The first kappa shape index (κ1) is 14.1. The van der Waals surface area contributed by atoms with Crippen molar-refractivity contribution in [2.75, 3.05) is 5.75 Å². The third kappa shape index (κ3) is 3.58. The Bertz CT molecular complexity index is 510. The highest BCUT2D eigenvalue weighted by molar-refractivity contribution is 7.99. The largest absolute Gasteiger partial charge is 0.388 e. The van der Waals surface area contributed by atoms with Gasteiger partial charge < -0.3 is 5.11 Å². The minimum atomic E-state index is -0.532. The molecule has 0 aliphatic heterocycles. The molecular formula is C14H19N3OS. The standard InChI is InChI=1S/C14H19N3OS/c1-3-17-14(15-10-16-17)9-13(18)11-5-7-12(8-6-11)19-4-2/h5-8,10,13,18H,3-4,9H2,1-2H3. The summed E-state index contributed by atoms with van der Waals surface area (Å²) in [6, 6.07) is 8.07. The number of benzene rings is 1. The Hall–Kier alpha value is -1.33. The van der Waals surface area contributed by atoms with Crippen LogP contribution in [0.25, 0.3) is 0 Å². The summed E-state index contributed by atoms with van der Waals surface area (Å²) in [5.41, 5.74) is 0.922. The van der Waals surface area contributed by atoms with Gasteiger partial charge in [0.05, 0.1) is 6.10 Å². The summed E-state index contributed by atoms with van der Waals surface area (Å²) in [5, 5.41) is 14.4. The fraction of sp³-hybridized carbons (Fsp3) is 0.429. The molecule has 1 N–H and O–H groups in total. The topological polar surface area (TPSA) is 50.9 Å². The van der Waals surface area contributed by atoms with Crippen LogP contribution in [0.2, 0.25) is 0 Å². The molecule has 0 saturated heterocycles. The van der Waals surface area contributed by atoms with Crippen LogP contribution >= 0.6 is 11.8 Å². The molecule has 0 radical (unpaired) electrons. The number of aliphatic hydroxyl groups excluding tert-OH is 1. The van der Waals surface area contributed by atoms with Crippen molar-refractivity contribution in [3.05, 3.63) is 42.0 Å². The number of nitrogens with zero attached hydrogens (tertiary/aromatic N) is 3. The lowest BCUT2D eigenvalue weighted by Crippen LogP contribution is -2.09. The lowest BCUT2D eigenvalue weighted by atomic mass is 10.1. The minimum Gasteiger partial charge on any atom is -0.388 e. The van der Waals surface area contributed by atoms with Gasteiger partial charge >= 0.3 is 0 Å². The van der Waals surface area contributed by atoms with Crippen LogP contribution in [-0.2, 0) is 13.0 Å². The van der Waals surface area contributed by atoms with E-state index in [9.17, 15) is 5.11 Å². The molecule has 1 heterocycles. The summed E-state index contributed by atoms with van der Waals surface area (Å²) in [4.78, 5) is 5.42. The first-order valence-corrected chi connectivity index (χ1v) is 7.50. The Balaban J connectivity index is 2.05. The van der Waals surface area contributed by atoms with Gasteiger partial charge in [-0.05, 0) is 30.4 Å². The van der Waals surface area contributed by atoms with Crippen molar-refractivity contribution in [2.24, 2.45) is 0 Å². The molecule has 1 aromatic carbocycles. The fourth-order valence-electron chi connectivity index (χ4n) is 1.95. The molecule has 0 amide bonds. The summed E-state index contributed by atoms with van der Waals surface area (Å²) < 4.78 is 1.81. The van der Waals surface area contributed by atoms with Crippen molar-refractivity contribution in [3.63, 3.8) is 0 Å². The molecular weight excluding hydrogens is 258 g/mol. The van der Waals surface area contributed by atoms with Crippen LogP contribution in [0, 0.1) is 0 Å². The molecule has 4 nitrogen and oxygen atoms in total. The molecule has 102 valence electrons. The van der Waals surface area contributed by atoms with E-state index in [1.807, 2.05) is 23.7 Å². The molecule has 1 aromatic heterocycles. The van der Waals surface area contributed by atoms with Crippen molar-refractivity contribution in [1.82, 2.24) is 14.8 Å². The van der Waals surface area contributed by atoms with Crippen LogP contribution < -0.4 is 0 Å². The van der Waals surface area contributed by atoms with Gasteiger partial charge in [0.2, 0.25) is 0 Å². The van der Waals surface area contributed by atoms with E-state index in [4.69, 9.17) is 0 Å². The predicted molar refractivity (Wildman–Crippen MR) is 77.2 cm³/mol. The van der Waals surface area contributed by atoms with Gasteiger partial charge in [0, 0.05) is 17.9 Å². The second-order valence-electron chi connectivity index (χ2n) is 4.21. The predicted octanol–water partition coefficient (Wildman–Crippen LogP) is 2.69. The zero-order chi connectivity index (χ0) is 13.7. The summed E-state index contributed by atoms with van der Waals surface area (Å²) in [6.07, 6.45) is 1.50. The number of hydrogen-bond donors (Lipinski definition) is 1. The van der Waals surface area contributed by atoms with E-state index in [0.717, 1.165) is 23.7 Å². The minimum absolute atomic E-state index is 0.494. The van der Waals surface area contributed by atoms with E-state index in [2.05, 4.69) is 29.1 Å². The quantitative estimate of drug-likeness (QED) is 0.825. The van der Waals surface area contributed by atoms with E-state index in [-0.39, 0.29) is 0 Å². The summed E-state index contributed by atoms with van der Waals surface area (Å²) >= 11 is 1.80. The average Bonchev–Trinajstić information content (AvgIpc) is 2.87. The Labute approximate surface area is 117 Å². The SMILES string of the molecule is CCSc1ccc(C(O)Cc2ncnn2CC)cc1. The number of aromatic nitrogens is 3. The van der Waals surface area contributed by atoms with Crippen molar-refractivity contribution < 1.29 is 5.11 Å². The monoisotopic (exact) mass is 277 g/mol. The van der Waals surface area contributed by atoms with Crippen molar-refractivity contribution in [3.8, 4) is 0 Å². The van der Waals surface area contributed by atoms with Gasteiger partial charge in [-0.2, -0.15) is 5.10 Å². The first-order chi connectivity index (χ1) is 9.24. The summed E-state index contributed by atoms with van der Waals surface area (Å²) in [5.74, 6) is 1.88. The molecule has 5 heteroatoms. The second-order valence-corrected chi connectivity index (χ2v) is 5.55. The zero-order valence-corrected chi connectivity index (χ0v) is 12.1. The number of hydrogen-bond acceptors (Lipinski definition) is 4. The maximum atomic E-state index is 10.2. The summed E-state index contributed by atoms with van der Waals surface area (Å²) in [6.45, 7) is 4.92. The van der Waals surface area contributed by atoms with Crippen LogP contribution in [0.15, 0.2) is 35.5 Å². The third-order valence-corrected chi connectivity index (χ3v) is 3.84. The molecule has 0 bridgehead atoms. The Morgan fingerprint density at radius 2 is 2.00 bits per heavy atom. The van der Waals surface area contributed by atoms with Crippen molar-refractivity contribution in [1.29, 1.82) is 0 Å². The highest BCUT2D eigenvalue weighted by Crippen LogP contribution is 2.22.